The second-order valence-electron chi connectivity index (χ2n) is 8.34. The van der Waals surface area contributed by atoms with Crippen LogP contribution in [0.3, 0.4) is 0 Å². The first kappa shape index (κ1) is 17.8. The van der Waals surface area contributed by atoms with Gasteiger partial charge in [-0.1, -0.05) is 18.0 Å². The number of halogens is 1. The molecule has 2 aromatic rings. The topological polar surface area (TPSA) is 66.7 Å². The van der Waals surface area contributed by atoms with E-state index in [4.69, 9.17) is 4.52 Å². The molecule has 0 bridgehead atoms. The third-order valence-corrected chi connectivity index (χ3v) is 6.71. The highest BCUT2D eigenvalue weighted by Gasteiger charge is 2.48. The molecule has 0 radical (unpaired) electrons. The van der Waals surface area contributed by atoms with Crippen molar-refractivity contribution in [2.45, 2.75) is 44.4 Å². The van der Waals surface area contributed by atoms with Gasteiger partial charge in [-0.15, -0.1) is 0 Å². The van der Waals surface area contributed by atoms with Crippen molar-refractivity contribution >= 4 is 22.8 Å². The van der Waals surface area contributed by atoms with Crippen LogP contribution in [-0.4, -0.2) is 46.5 Å². The van der Waals surface area contributed by atoms with Gasteiger partial charge in [-0.25, -0.2) is 4.39 Å². The van der Waals surface area contributed by atoms with Gasteiger partial charge in [-0.05, 0) is 37.8 Å². The number of nitrogens with zero attached hydrogens (tertiary/aromatic N) is 3. The lowest BCUT2D eigenvalue weighted by atomic mass is 9.81. The molecule has 3 aliphatic rings. The van der Waals surface area contributed by atoms with Gasteiger partial charge in [0.2, 0.25) is 11.8 Å². The predicted molar refractivity (Wildman–Crippen MR) is 99.7 cm³/mol. The minimum atomic E-state index is -0.328. The summed E-state index contributed by atoms with van der Waals surface area (Å²) in [6, 6.07) is 4.53. The van der Waals surface area contributed by atoms with E-state index in [-0.39, 0.29) is 35.4 Å². The fourth-order valence-corrected chi connectivity index (χ4v) is 5.14. The largest absolute Gasteiger partial charge is 0.356 e. The van der Waals surface area contributed by atoms with Crippen molar-refractivity contribution in [2.75, 3.05) is 19.8 Å². The van der Waals surface area contributed by atoms with Crippen molar-refractivity contribution in [3.8, 4) is 0 Å². The SMILES string of the molecule is O=C1C2CCCCC2C(=O)N1CN1CCC(c2noc3cc(F)ccc23)CC1. The Bertz CT molecular complexity index is 895. The lowest BCUT2D eigenvalue weighted by Gasteiger charge is -2.33. The summed E-state index contributed by atoms with van der Waals surface area (Å²) in [5.74, 6) is -0.190. The molecule has 7 heteroatoms. The Balaban J connectivity index is 1.24. The number of carbonyl (C=O) groups is 2. The maximum absolute atomic E-state index is 13.4. The number of imide groups is 1. The van der Waals surface area contributed by atoms with Crippen LogP contribution in [0.4, 0.5) is 4.39 Å². The summed E-state index contributed by atoms with van der Waals surface area (Å²) in [7, 11) is 0. The molecule has 2 amide bonds. The van der Waals surface area contributed by atoms with Gasteiger partial charge in [-0.3, -0.25) is 19.4 Å². The Kier molecular flexibility index (Phi) is 4.42. The minimum Gasteiger partial charge on any atom is -0.356 e. The van der Waals surface area contributed by atoms with Crippen LogP contribution in [0.2, 0.25) is 0 Å². The number of fused-ring (bicyclic) bond motifs is 2. The number of piperidine rings is 1. The molecule has 148 valence electrons. The van der Waals surface area contributed by atoms with Crippen LogP contribution >= 0.6 is 0 Å². The monoisotopic (exact) mass is 385 g/mol. The molecule has 28 heavy (non-hydrogen) atoms. The van der Waals surface area contributed by atoms with Crippen molar-refractivity contribution in [1.82, 2.24) is 15.0 Å². The van der Waals surface area contributed by atoms with Crippen molar-refractivity contribution in [3.63, 3.8) is 0 Å². The van der Waals surface area contributed by atoms with Crippen LogP contribution in [-0.2, 0) is 9.59 Å². The van der Waals surface area contributed by atoms with Gasteiger partial charge in [0, 0.05) is 30.5 Å². The van der Waals surface area contributed by atoms with E-state index >= 15 is 0 Å². The van der Waals surface area contributed by atoms with E-state index in [9.17, 15) is 14.0 Å². The molecule has 3 heterocycles. The number of likely N-dealkylation sites (tertiary alicyclic amines) is 2. The number of aromatic nitrogens is 1. The van der Waals surface area contributed by atoms with Crippen LogP contribution in [0.25, 0.3) is 11.0 Å². The Hall–Kier alpha value is -2.28. The third-order valence-electron chi connectivity index (χ3n) is 6.71. The van der Waals surface area contributed by atoms with Crippen molar-refractivity contribution in [3.05, 3.63) is 29.7 Å². The number of amides is 2. The van der Waals surface area contributed by atoms with Gasteiger partial charge in [0.25, 0.3) is 0 Å². The third kappa shape index (κ3) is 2.92. The molecule has 1 aromatic heterocycles. The molecule has 3 fully saturated rings. The summed E-state index contributed by atoms with van der Waals surface area (Å²) in [5.41, 5.74) is 1.36. The zero-order chi connectivity index (χ0) is 19.3. The molecule has 5 rings (SSSR count). The molecule has 0 spiro atoms. The summed E-state index contributed by atoms with van der Waals surface area (Å²) in [6.45, 7) is 2.00. The molecule has 1 aliphatic carbocycles. The van der Waals surface area contributed by atoms with E-state index in [2.05, 4.69) is 10.1 Å². The molecular weight excluding hydrogens is 361 g/mol. The van der Waals surface area contributed by atoms with Crippen LogP contribution < -0.4 is 0 Å². The lowest BCUT2D eigenvalue weighted by Crippen LogP contribution is -2.44. The van der Waals surface area contributed by atoms with E-state index in [0.717, 1.165) is 62.7 Å². The molecular formula is C21H24FN3O3. The molecule has 1 aromatic carbocycles. The fourth-order valence-electron chi connectivity index (χ4n) is 5.14. The maximum Gasteiger partial charge on any atom is 0.234 e. The Labute approximate surface area is 162 Å². The zero-order valence-corrected chi connectivity index (χ0v) is 15.8. The molecule has 2 atom stereocenters. The predicted octanol–water partition coefficient (Wildman–Crippen LogP) is 3.28. The van der Waals surface area contributed by atoms with Crippen molar-refractivity contribution in [1.29, 1.82) is 0 Å². The molecule has 2 unspecified atom stereocenters. The summed E-state index contributed by atoms with van der Waals surface area (Å²) >= 11 is 0. The average molecular weight is 385 g/mol. The van der Waals surface area contributed by atoms with Crippen LogP contribution in [0.1, 0.15) is 50.1 Å². The second-order valence-corrected chi connectivity index (χ2v) is 8.34. The Morgan fingerprint density at radius 1 is 1.04 bits per heavy atom. The summed E-state index contributed by atoms with van der Waals surface area (Å²) in [6.07, 6.45) is 5.56. The zero-order valence-electron chi connectivity index (χ0n) is 15.8. The molecule has 6 nitrogen and oxygen atoms in total. The van der Waals surface area contributed by atoms with E-state index in [1.54, 1.807) is 6.07 Å². The van der Waals surface area contributed by atoms with Gasteiger partial charge in [0.15, 0.2) is 5.58 Å². The Morgan fingerprint density at radius 3 is 2.39 bits per heavy atom. The Morgan fingerprint density at radius 2 is 1.71 bits per heavy atom. The van der Waals surface area contributed by atoms with E-state index in [0.29, 0.717) is 12.3 Å². The molecule has 0 N–H and O–H groups in total. The minimum absolute atomic E-state index is 0.0290. The normalized spacial score (nSPS) is 27.0. The maximum atomic E-state index is 13.4. The highest BCUT2D eigenvalue weighted by molar-refractivity contribution is 6.05. The molecule has 2 saturated heterocycles. The second kappa shape index (κ2) is 6.95. The number of rotatable bonds is 3. The fraction of sp³-hybridized carbons (Fsp3) is 0.571. The van der Waals surface area contributed by atoms with Crippen LogP contribution in [0.5, 0.6) is 0 Å². The number of carbonyl (C=O) groups excluding carboxylic acids is 2. The van der Waals surface area contributed by atoms with Gasteiger partial charge in [0.05, 0.1) is 24.2 Å². The van der Waals surface area contributed by atoms with Crippen molar-refractivity contribution in [2.24, 2.45) is 11.8 Å². The van der Waals surface area contributed by atoms with E-state index in [1.807, 2.05) is 0 Å². The molecule has 2 aliphatic heterocycles. The number of hydrogen-bond acceptors (Lipinski definition) is 5. The highest BCUT2D eigenvalue weighted by Crippen LogP contribution is 2.38. The van der Waals surface area contributed by atoms with Gasteiger partial charge < -0.3 is 4.52 Å². The number of benzene rings is 1. The molecule has 1 saturated carbocycles. The van der Waals surface area contributed by atoms with E-state index < -0.39 is 0 Å². The van der Waals surface area contributed by atoms with E-state index in [1.165, 1.54) is 17.0 Å². The standard InChI is InChI=1S/C21H24FN3O3/c22-14-5-6-17-18(11-14)28-23-19(17)13-7-9-24(10-8-13)12-25-20(26)15-3-1-2-4-16(15)21(25)27/h5-6,11,13,15-16H,1-4,7-10,12H2. The van der Waals surface area contributed by atoms with Crippen molar-refractivity contribution < 1.29 is 18.5 Å². The number of hydrogen-bond donors (Lipinski definition) is 0. The first-order chi connectivity index (χ1) is 13.6. The highest BCUT2D eigenvalue weighted by atomic mass is 19.1. The summed E-state index contributed by atoms with van der Waals surface area (Å²) in [4.78, 5) is 29.0. The van der Waals surface area contributed by atoms with Crippen LogP contribution in [0, 0.1) is 17.7 Å². The van der Waals surface area contributed by atoms with Gasteiger partial charge in [-0.2, -0.15) is 0 Å². The first-order valence-electron chi connectivity index (χ1n) is 10.2. The first-order valence-corrected chi connectivity index (χ1v) is 10.2. The van der Waals surface area contributed by atoms with Crippen LogP contribution in [0.15, 0.2) is 22.7 Å². The summed E-state index contributed by atoms with van der Waals surface area (Å²) < 4.78 is 18.7. The smallest absolute Gasteiger partial charge is 0.234 e. The van der Waals surface area contributed by atoms with Gasteiger partial charge in [0.1, 0.15) is 5.82 Å². The lowest BCUT2D eigenvalue weighted by molar-refractivity contribution is -0.142. The van der Waals surface area contributed by atoms with Gasteiger partial charge >= 0.3 is 0 Å². The summed E-state index contributed by atoms with van der Waals surface area (Å²) in [5, 5.41) is 5.05. The average Bonchev–Trinajstić information content (AvgIpc) is 3.23. The quantitative estimate of drug-likeness (QED) is 0.759.